The van der Waals surface area contributed by atoms with Crippen molar-refractivity contribution in [3.63, 3.8) is 0 Å². The lowest BCUT2D eigenvalue weighted by Gasteiger charge is -2.19. The van der Waals surface area contributed by atoms with E-state index in [0.29, 0.717) is 0 Å². The lowest BCUT2D eigenvalue weighted by atomic mass is 10.1. The van der Waals surface area contributed by atoms with Gasteiger partial charge in [0.1, 0.15) is 5.82 Å². The lowest BCUT2D eigenvalue weighted by Crippen LogP contribution is -2.23. The Morgan fingerprint density at radius 1 is 1.05 bits per heavy atom. The first kappa shape index (κ1) is 16.1. The van der Waals surface area contributed by atoms with Crippen molar-refractivity contribution in [2.75, 3.05) is 12.3 Å². The van der Waals surface area contributed by atoms with E-state index in [0.717, 1.165) is 23.4 Å². The summed E-state index contributed by atoms with van der Waals surface area (Å²) in [5, 5.41) is 3.45. The molecule has 1 nitrogen and oxygen atoms in total. The first-order valence-corrected chi connectivity index (χ1v) is 8.27. The van der Waals surface area contributed by atoms with E-state index < -0.39 is 0 Å². The standard InChI is InChI=1S/C18H22FNS/c1-4-20-18(15-9-14(3)10-16(19)11-15)12-21-17-7-5-13(2)6-8-17/h5-11,18,20H,4,12H2,1-3H3. The van der Waals surface area contributed by atoms with E-state index in [1.165, 1.54) is 10.5 Å². The zero-order valence-electron chi connectivity index (χ0n) is 12.8. The zero-order valence-corrected chi connectivity index (χ0v) is 13.6. The number of nitrogens with one attached hydrogen (secondary N) is 1. The molecule has 1 N–H and O–H groups in total. The molecule has 2 aromatic rings. The molecule has 1 unspecified atom stereocenters. The molecule has 3 heteroatoms. The van der Waals surface area contributed by atoms with Crippen molar-refractivity contribution < 1.29 is 4.39 Å². The highest BCUT2D eigenvalue weighted by Gasteiger charge is 2.12. The van der Waals surface area contributed by atoms with E-state index in [-0.39, 0.29) is 11.9 Å². The second kappa shape index (κ2) is 7.62. The first-order chi connectivity index (χ1) is 10.1. The Morgan fingerprint density at radius 2 is 1.76 bits per heavy atom. The van der Waals surface area contributed by atoms with Gasteiger partial charge in [-0.25, -0.2) is 4.39 Å². The van der Waals surface area contributed by atoms with Crippen LogP contribution in [-0.4, -0.2) is 12.3 Å². The molecule has 0 saturated carbocycles. The molecule has 0 fully saturated rings. The van der Waals surface area contributed by atoms with Gasteiger partial charge in [0.25, 0.3) is 0 Å². The molecule has 0 aliphatic carbocycles. The Hall–Kier alpha value is -1.32. The molecule has 0 aliphatic heterocycles. The van der Waals surface area contributed by atoms with Crippen LogP contribution in [0.5, 0.6) is 0 Å². The third-order valence-corrected chi connectivity index (χ3v) is 4.46. The van der Waals surface area contributed by atoms with E-state index in [9.17, 15) is 4.39 Å². The molecule has 1 atom stereocenters. The Bertz CT molecular complexity index is 560. The van der Waals surface area contributed by atoms with Gasteiger partial charge in [0, 0.05) is 16.7 Å². The summed E-state index contributed by atoms with van der Waals surface area (Å²) in [7, 11) is 0. The van der Waals surface area contributed by atoms with Gasteiger partial charge in [0.15, 0.2) is 0 Å². The summed E-state index contributed by atoms with van der Waals surface area (Å²) < 4.78 is 13.6. The smallest absolute Gasteiger partial charge is 0.123 e. The molecule has 0 spiro atoms. The van der Waals surface area contributed by atoms with Crippen LogP contribution < -0.4 is 5.32 Å². The maximum absolute atomic E-state index is 13.6. The highest BCUT2D eigenvalue weighted by Crippen LogP contribution is 2.26. The van der Waals surface area contributed by atoms with Crippen molar-refractivity contribution in [3.8, 4) is 0 Å². The van der Waals surface area contributed by atoms with Crippen LogP contribution in [0.3, 0.4) is 0 Å². The molecule has 0 aromatic heterocycles. The van der Waals surface area contributed by atoms with Crippen molar-refractivity contribution in [2.45, 2.75) is 31.7 Å². The fourth-order valence-electron chi connectivity index (χ4n) is 2.30. The quantitative estimate of drug-likeness (QED) is 0.763. The SMILES string of the molecule is CCNC(CSc1ccc(C)cc1)c1cc(C)cc(F)c1. The van der Waals surface area contributed by atoms with Gasteiger partial charge in [-0.15, -0.1) is 11.8 Å². The number of rotatable bonds is 6. The molecule has 0 heterocycles. The molecule has 0 amide bonds. The van der Waals surface area contributed by atoms with Crippen LogP contribution in [0.2, 0.25) is 0 Å². The Labute approximate surface area is 131 Å². The highest BCUT2D eigenvalue weighted by molar-refractivity contribution is 7.99. The molecule has 112 valence electrons. The molecule has 0 radical (unpaired) electrons. The molecule has 2 aromatic carbocycles. The maximum Gasteiger partial charge on any atom is 0.123 e. The summed E-state index contributed by atoms with van der Waals surface area (Å²) in [4.78, 5) is 1.25. The van der Waals surface area contributed by atoms with Crippen LogP contribution in [0.15, 0.2) is 47.4 Å². The molecule has 0 saturated heterocycles. The van der Waals surface area contributed by atoms with Crippen LogP contribution in [0.1, 0.15) is 29.7 Å². The summed E-state index contributed by atoms with van der Waals surface area (Å²) >= 11 is 1.80. The Morgan fingerprint density at radius 3 is 2.38 bits per heavy atom. The fourth-order valence-corrected chi connectivity index (χ4v) is 3.30. The first-order valence-electron chi connectivity index (χ1n) is 7.28. The van der Waals surface area contributed by atoms with Crippen LogP contribution in [0.25, 0.3) is 0 Å². The van der Waals surface area contributed by atoms with Gasteiger partial charge >= 0.3 is 0 Å². The zero-order chi connectivity index (χ0) is 15.2. The van der Waals surface area contributed by atoms with E-state index >= 15 is 0 Å². The number of hydrogen-bond acceptors (Lipinski definition) is 2. The second-order valence-electron chi connectivity index (χ2n) is 5.30. The van der Waals surface area contributed by atoms with Gasteiger partial charge in [-0.05, 0) is 55.8 Å². The molecular weight excluding hydrogens is 281 g/mol. The van der Waals surface area contributed by atoms with Gasteiger partial charge < -0.3 is 5.32 Å². The number of halogens is 1. The average molecular weight is 303 g/mol. The Balaban J connectivity index is 2.09. The average Bonchev–Trinajstić information content (AvgIpc) is 2.44. The molecule has 0 aliphatic rings. The van der Waals surface area contributed by atoms with E-state index in [1.54, 1.807) is 23.9 Å². The number of aryl methyl sites for hydroxylation is 2. The van der Waals surface area contributed by atoms with E-state index in [4.69, 9.17) is 0 Å². The maximum atomic E-state index is 13.6. The minimum absolute atomic E-state index is 0.159. The number of benzene rings is 2. The summed E-state index contributed by atoms with van der Waals surface area (Å²) in [6, 6.07) is 13.9. The predicted octanol–water partition coefficient (Wildman–Crippen LogP) is 4.89. The minimum Gasteiger partial charge on any atom is -0.309 e. The molecule has 21 heavy (non-hydrogen) atoms. The van der Waals surface area contributed by atoms with Crippen LogP contribution >= 0.6 is 11.8 Å². The van der Waals surface area contributed by atoms with Gasteiger partial charge in [0.05, 0.1) is 0 Å². The second-order valence-corrected chi connectivity index (χ2v) is 6.39. The third kappa shape index (κ3) is 4.87. The van der Waals surface area contributed by atoms with Crippen LogP contribution in [-0.2, 0) is 0 Å². The monoisotopic (exact) mass is 303 g/mol. The van der Waals surface area contributed by atoms with E-state index in [1.807, 2.05) is 6.92 Å². The van der Waals surface area contributed by atoms with Gasteiger partial charge in [0.2, 0.25) is 0 Å². The van der Waals surface area contributed by atoms with Crippen LogP contribution in [0, 0.1) is 19.7 Å². The van der Waals surface area contributed by atoms with Crippen molar-refractivity contribution in [2.24, 2.45) is 0 Å². The number of hydrogen-bond donors (Lipinski definition) is 1. The van der Waals surface area contributed by atoms with Crippen LogP contribution in [0.4, 0.5) is 4.39 Å². The largest absolute Gasteiger partial charge is 0.309 e. The lowest BCUT2D eigenvalue weighted by molar-refractivity contribution is 0.587. The van der Waals surface area contributed by atoms with Gasteiger partial charge in [-0.1, -0.05) is 30.7 Å². The van der Waals surface area contributed by atoms with Crippen molar-refractivity contribution >= 4 is 11.8 Å². The van der Waals surface area contributed by atoms with Crippen molar-refractivity contribution in [1.82, 2.24) is 5.32 Å². The highest BCUT2D eigenvalue weighted by atomic mass is 32.2. The summed E-state index contributed by atoms with van der Waals surface area (Å²) in [5.41, 5.74) is 3.26. The normalized spacial score (nSPS) is 12.4. The van der Waals surface area contributed by atoms with Crippen molar-refractivity contribution in [3.05, 3.63) is 65.0 Å². The van der Waals surface area contributed by atoms with Gasteiger partial charge in [-0.2, -0.15) is 0 Å². The summed E-state index contributed by atoms with van der Waals surface area (Å²) in [6.45, 7) is 6.97. The van der Waals surface area contributed by atoms with E-state index in [2.05, 4.69) is 49.5 Å². The molecular formula is C18H22FNS. The predicted molar refractivity (Wildman–Crippen MR) is 89.5 cm³/mol. The summed E-state index contributed by atoms with van der Waals surface area (Å²) in [6.07, 6.45) is 0. The number of thioether (sulfide) groups is 1. The van der Waals surface area contributed by atoms with Crippen molar-refractivity contribution in [1.29, 1.82) is 0 Å². The van der Waals surface area contributed by atoms with Gasteiger partial charge in [-0.3, -0.25) is 0 Å². The Kier molecular flexibility index (Phi) is 5.83. The fraction of sp³-hybridized carbons (Fsp3) is 0.333. The summed E-state index contributed by atoms with van der Waals surface area (Å²) in [5.74, 6) is 0.730. The molecule has 0 bridgehead atoms. The third-order valence-electron chi connectivity index (χ3n) is 3.35. The minimum atomic E-state index is -0.159. The topological polar surface area (TPSA) is 12.0 Å². The molecule has 2 rings (SSSR count).